The average Bonchev–Trinajstić information content (AvgIpc) is 3.19. The number of hydrazine groups is 1. The van der Waals surface area contributed by atoms with Crippen LogP contribution in [0.2, 0.25) is 0 Å². The molecule has 5 rings (SSSR count). The SMILES string of the molecule is CN1CCC(S(=O)(=O)N2CCN(c3c(F)cncc3NC(=O)C3C(N)NN4CC(F)CNC34)CC2)CC1. The molecule has 0 saturated carbocycles. The predicted octanol–water partition coefficient (Wildman–Crippen LogP) is -1.31. The second kappa shape index (κ2) is 10.6. The van der Waals surface area contributed by atoms with E-state index in [2.05, 4.69) is 25.9 Å². The van der Waals surface area contributed by atoms with Crippen molar-refractivity contribution < 1.29 is 22.0 Å². The van der Waals surface area contributed by atoms with Crippen LogP contribution in [0.4, 0.5) is 20.2 Å². The second-order valence-corrected chi connectivity index (χ2v) is 12.4. The Morgan fingerprint density at radius 2 is 1.86 bits per heavy atom. The predicted molar refractivity (Wildman–Crippen MR) is 134 cm³/mol. The highest BCUT2D eigenvalue weighted by Crippen LogP contribution is 2.32. The number of fused-ring (bicyclic) bond motifs is 1. The molecule has 4 atom stereocenters. The Kier molecular flexibility index (Phi) is 7.64. The van der Waals surface area contributed by atoms with Gasteiger partial charge < -0.3 is 20.9 Å². The van der Waals surface area contributed by atoms with E-state index < -0.39 is 51.4 Å². The highest BCUT2D eigenvalue weighted by Gasteiger charge is 2.47. The van der Waals surface area contributed by atoms with E-state index >= 15 is 4.39 Å². The minimum absolute atomic E-state index is 0.104. The molecule has 4 fully saturated rings. The number of sulfonamides is 1. The van der Waals surface area contributed by atoms with Crippen LogP contribution in [0.1, 0.15) is 12.8 Å². The zero-order chi connectivity index (χ0) is 26.3. The summed E-state index contributed by atoms with van der Waals surface area (Å²) in [5, 5.41) is 6.95. The molecule has 4 aliphatic rings. The topological polar surface area (TPSA) is 139 Å². The Morgan fingerprint density at radius 1 is 1.16 bits per heavy atom. The van der Waals surface area contributed by atoms with Gasteiger partial charge in [0, 0.05) is 39.3 Å². The fourth-order valence-corrected chi connectivity index (χ4v) is 7.60. The number of nitrogens with two attached hydrogens (primary N) is 1. The number of likely N-dealkylation sites (tertiary alicyclic amines) is 1. The maximum Gasteiger partial charge on any atom is 0.233 e. The number of piperidine rings is 1. The number of pyridine rings is 1. The first-order chi connectivity index (χ1) is 17.6. The van der Waals surface area contributed by atoms with Crippen molar-refractivity contribution in [2.75, 3.05) is 69.6 Å². The van der Waals surface area contributed by atoms with Crippen LogP contribution in [0.15, 0.2) is 12.4 Å². The summed E-state index contributed by atoms with van der Waals surface area (Å²) in [5.41, 5.74) is 9.40. The molecule has 15 heteroatoms. The molecule has 5 heterocycles. The summed E-state index contributed by atoms with van der Waals surface area (Å²) in [6.45, 7) is 2.71. The number of rotatable bonds is 5. The maximum absolute atomic E-state index is 15.0. The van der Waals surface area contributed by atoms with Gasteiger partial charge in [0.25, 0.3) is 0 Å². The van der Waals surface area contributed by atoms with Crippen molar-refractivity contribution >= 4 is 27.3 Å². The maximum atomic E-state index is 15.0. The lowest BCUT2D eigenvalue weighted by Crippen LogP contribution is -2.58. The lowest BCUT2D eigenvalue weighted by atomic mass is 10.0. The third-order valence-corrected chi connectivity index (χ3v) is 10.2. The van der Waals surface area contributed by atoms with E-state index in [1.807, 2.05) is 7.05 Å². The summed E-state index contributed by atoms with van der Waals surface area (Å²) in [7, 11) is -1.46. The lowest BCUT2D eigenvalue weighted by molar-refractivity contribution is -0.121. The third kappa shape index (κ3) is 5.30. The van der Waals surface area contributed by atoms with Crippen molar-refractivity contribution in [1.29, 1.82) is 0 Å². The first-order valence-corrected chi connectivity index (χ1v) is 14.2. The van der Waals surface area contributed by atoms with Gasteiger partial charge in [-0.1, -0.05) is 0 Å². The molecule has 4 saturated heterocycles. The van der Waals surface area contributed by atoms with Crippen LogP contribution in [0, 0.1) is 11.7 Å². The van der Waals surface area contributed by atoms with Gasteiger partial charge in [0.2, 0.25) is 15.9 Å². The number of carbonyl (C=O) groups is 1. The summed E-state index contributed by atoms with van der Waals surface area (Å²) in [5.74, 6) is -1.81. The first-order valence-electron chi connectivity index (χ1n) is 12.7. The van der Waals surface area contributed by atoms with E-state index in [0.717, 1.165) is 19.3 Å². The van der Waals surface area contributed by atoms with Crippen LogP contribution >= 0.6 is 0 Å². The Balaban J connectivity index is 1.27. The Labute approximate surface area is 215 Å². The highest BCUT2D eigenvalue weighted by molar-refractivity contribution is 7.89. The molecule has 0 bridgehead atoms. The summed E-state index contributed by atoms with van der Waals surface area (Å²) >= 11 is 0. The number of anilines is 2. The second-order valence-electron chi connectivity index (χ2n) is 10.2. The van der Waals surface area contributed by atoms with Gasteiger partial charge in [0.1, 0.15) is 11.9 Å². The molecule has 0 radical (unpaired) electrons. The van der Waals surface area contributed by atoms with Crippen molar-refractivity contribution in [1.82, 2.24) is 29.9 Å². The Bertz CT molecular complexity index is 1100. The number of amides is 1. The standard InChI is InChI=1S/C22H35F2N9O3S/c1-30-4-2-15(3-5-30)37(35,36)32-8-6-31(7-9-32)19-16(24)11-26-12-17(19)28-22(34)18-20(25)29-33-13-14(23)10-27-21(18)33/h11-12,14-15,18,20-21,27,29H,2-10,13,25H2,1H3,(H,28,34). The van der Waals surface area contributed by atoms with Gasteiger partial charge in [-0.05, 0) is 33.0 Å². The molecule has 1 amide bonds. The first kappa shape index (κ1) is 26.6. The van der Waals surface area contributed by atoms with Gasteiger partial charge >= 0.3 is 0 Å². The van der Waals surface area contributed by atoms with Crippen LogP contribution in [-0.4, -0.2) is 117 Å². The quantitative estimate of drug-likeness (QED) is 0.354. The zero-order valence-electron chi connectivity index (χ0n) is 20.8. The molecule has 1 aromatic rings. The van der Waals surface area contributed by atoms with E-state index in [4.69, 9.17) is 5.73 Å². The molecular weight excluding hydrogens is 508 g/mol. The van der Waals surface area contributed by atoms with E-state index in [1.54, 1.807) is 9.91 Å². The van der Waals surface area contributed by atoms with Crippen molar-refractivity contribution in [2.24, 2.45) is 11.7 Å². The van der Waals surface area contributed by atoms with E-state index in [-0.39, 0.29) is 50.6 Å². The molecule has 4 aliphatic heterocycles. The van der Waals surface area contributed by atoms with Gasteiger partial charge in [0.05, 0.1) is 41.6 Å². The van der Waals surface area contributed by atoms with E-state index in [0.29, 0.717) is 12.8 Å². The molecule has 206 valence electrons. The van der Waals surface area contributed by atoms with Crippen LogP contribution in [0.25, 0.3) is 0 Å². The lowest BCUT2D eigenvalue weighted by Gasteiger charge is -2.39. The van der Waals surface area contributed by atoms with Crippen molar-refractivity contribution in [2.45, 2.75) is 36.6 Å². The number of hydrogen-bond acceptors (Lipinski definition) is 10. The molecule has 12 nitrogen and oxygen atoms in total. The van der Waals surface area contributed by atoms with Gasteiger partial charge in [-0.25, -0.2) is 27.6 Å². The number of nitrogens with one attached hydrogen (secondary N) is 3. The van der Waals surface area contributed by atoms with E-state index in [1.165, 1.54) is 10.5 Å². The summed E-state index contributed by atoms with van der Waals surface area (Å²) < 4.78 is 56.6. The van der Waals surface area contributed by atoms with Crippen LogP contribution in [0.3, 0.4) is 0 Å². The normalized spacial score (nSPS) is 30.9. The van der Waals surface area contributed by atoms with Crippen LogP contribution < -0.4 is 26.7 Å². The average molecular weight is 544 g/mol. The van der Waals surface area contributed by atoms with Crippen LogP contribution in [0.5, 0.6) is 0 Å². The zero-order valence-corrected chi connectivity index (χ0v) is 21.6. The van der Waals surface area contributed by atoms with Crippen molar-refractivity contribution in [3.05, 3.63) is 18.2 Å². The number of nitrogens with zero attached hydrogens (tertiary/aromatic N) is 5. The third-order valence-electron chi connectivity index (χ3n) is 7.76. The number of alkyl halides is 1. The molecular formula is C22H35F2N9O3S. The summed E-state index contributed by atoms with van der Waals surface area (Å²) in [6, 6.07) is 0. The van der Waals surface area contributed by atoms with E-state index in [9.17, 15) is 17.6 Å². The molecule has 0 spiro atoms. The minimum atomic E-state index is -3.44. The smallest absolute Gasteiger partial charge is 0.233 e. The number of piperazine rings is 1. The number of carbonyl (C=O) groups excluding carboxylic acids is 1. The fraction of sp³-hybridized carbons (Fsp3) is 0.727. The fourth-order valence-electron chi connectivity index (χ4n) is 5.70. The molecule has 1 aromatic heterocycles. The Hall–Kier alpha value is -2.01. The Morgan fingerprint density at radius 3 is 2.57 bits per heavy atom. The van der Waals surface area contributed by atoms with Crippen LogP contribution in [-0.2, 0) is 14.8 Å². The van der Waals surface area contributed by atoms with Gasteiger partial charge in [-0.15, -0.1) is 0 Å². The number of hydrogen-bond donors (Lipinski definition) is 4. The molecule has 0 aliphatic carbocycles. The number of halogens is 2. The summed E-state index contributed by atoms with van der Waals surface area (Å²) in [6.07, 6.45) is 1.31. The minimum Gasteiger partial charge on any atom is -0.365 e. The van der Waals surface area contributed by atoms with Crippen molar-refractivity contribution in [3.8, 4) is 0 Å². The molecule has 37 heavy (non-hydrogen) atoms. The summed E-state index contributed by atoms with van der Waals surface area (Å²) in [4.78, 5) is 21.0. The van der Waals surface area contributed by atoms with Crippen molar-refractivity contribution in [3.63, 3.8) is 0 Å². The van der Waals surface area contributed by atoms with Gasteiger partial charge in [0.15, 0.2) is 5.82 Å². The molecule has 4 unspecified atom stereocenters. The molecule has 5 N–H and O–H groups in total. The van der Waals surface area contributed by atoms with Gasteiger partial charge in [-0.3, -0.25) is 15.1 Å². The monoisotopic (exact) mass is 543 g/mol. The largest absolute Gasteiger partial charge is 0.365 e. The highest BCUT2D eigenvalue weighted by atomic mass is 32.2. The molecule has 0 aromatic carbocycles. The van der Waals surface area contributed by atoms with Gasteiger partial charge in [-0.2, -0.15) is 4.31 Å². The number of aromatic nitrogens is 1.